The Bertz CT molecular complexity index is 769. The summed E-state index contributed by atoms with van der Waals surface area (Å²) in [5.41, 5.74) is 1.84. The van der Waals surface area contributed by atoms with E-state index in [1.165, 1.54) is 0 Å². The number of carbonyl (C=O) groups excluding carboxylic acids is 1. The van der Waals surface area contributed by atoms with E-state index < -0.39 is 0 Å². The van der Waals surface area contributed by atoms with Crippen molar-refractivity contribution in [1.82, 2.24) is 5.32 Å². The van der Waals surface area contributed by atoms with Crippen LogP contribution in [0.5, 0.6) is 23.0 Å². The van der Waals surface area contributed by atoms with Crippen LogP contribution in [-0.2, 0) is 17.8 Å². The lowest BCUT2D eigenvalue weighted by molar-refractivity contribution is -0.121. The van der Waals surface area contributed by atoms with Gasteiger partial charge in [-0.1, -0.05) is 15.9 Å². The Morgan fingerprint density at radius 2 is 1.56 bits per heavy atom. The molecule has 2 aromatic rings. The van der Waals surface area contributed by atoms with Gasteiger partial charge in [-0.05, 0) is 42.3 Å². The standard InChI is InChI=1S/C20H24BrNO5/c1-24-16-7-6-15(21)11-14(16)12-22-19(23)8-5-13-9-17(25-2)20(27-4)18(10-13)26-3/h6-7,9-11H,5,8,12H2,1-4H3,(H,22,23). The number of nitrogens with one attached hydrogen (secondary N) is 1. The van der Waals surface area contributed by atoms with Crippen molar-refractivity contribution in [3.63, 3.8) is 0 Å². The van der Waals surface area contributed by atoms with E-state index in [2.05, 4.69) is 21.2 Å². The monoisotopic (exact) mass is 437 g/mol. The fourth-order valence-corrected chi connectivity index (χ4v) is 3.11. The number of hydrogen-bond donors (Lipinski definition) is 1. The van der Waals surface area contributed by atoms with Crippen LogP contribution in [0.4, 0.5) is 0 Å². The molecule has 0 heterocycles. The zero-order valence-corrected chi connectivity index (χ0v) is 17.5. The summed E-state index contributed by atoms with van der Waals surface area (Å²) in [7, 11) is 6.31. The van der Waals surface area contributed by atoms with E-state index in [0.717, 1.165) is 21.3 Å². The first kappa shape index (κ1) is 20.9. The van der Waals surface area contributed by atoms with Crippen LogP contribution >= 0.6 is 15.9 Å². The third kappa shape index (κ3) is 5.53. The van der Waals surface area contributed by atoms with Crippen molar-refractivity contribution in [3.05, 3.63) is 45.9 Å². The molecule has 0 bridgehead atoms. The highest BCUT2D eigenvalue weighted by Crippen LogP contribution is 2.38. The second-order valence-electron chi connectivity index (χ2n) is 5.77. The molecule has 1 amide bonds. The molecule has 0 unspecified atom stereocenters. The third-order valence-electron chi connectivity index (χ3n) is 4.08. The minimum absolute atomic E-state index is 0.0502. The summed E-state index contributed by atoms with van der Waals surface area (Å²) in [6, 6.07) is 9.40. The molecule has 6 nitrogen and oxygen atoms in total. The maximum Gasteiger partial charge on any atom is 0.220 e. The molecule has 27 heavy (non-hydrogen) atoms. The number of aryl methyl sites for hydroxylation is 1. The Labute approximate surface area is 167 Å². The lowest BCUT2D eigenvalue weighted by Crippen LogP contribution is -2.23. The first-order chi connectivity index (χ1) is 13.0. The van der Waals surface area contributed by atoms with Crippen LogP contribution in [0.3, 0.4) is 0 Å². The van der Waals surface area contributed by atoms with Crippen LogP contribution in [0, 0.1) is 0 Å². The second-order valence-corrected chi connectivity index (χ2v) is 6.68. The van der Waals surface area contributed by atoms with Gasteiger partial charge in [0.25, 0.3) is 0 Å². The minimum Gasteiger partial charge on any atom is -0.496 e. The number of ether oxygens (including phenoxy) is 4. The van der Waals surface area contributed by atoms with Crippen LogP contribution in [0.2, 0.25) is 0 Å². The fourth-order valence-electron chi connectivity index (χ4n) is 2.71. The van der Waals surface area contributed by atoms with Crippen molar-refractivity contribution in [3.8, 4) is 23.0 Å². The smallest absolute Gasteiger partial charge is 0.220 e. The van der Waals surface area contributed by atoms with Gasteiger partial charge in [0.2, 0.25) is 11.7 Å². The van der Waals surface area contributed by atoms with Crippen molar-refractivity contribution in [2.75, 3.05) is 28.4 Å². The molecule has 0 aliphatic carbocycles. The van der Waals surface area contributed by atoms with Gasteiger partial charge in [-0.2, -0.15) is 0 Å². The molecule has 0 fully saturated rings. The Balaban J connectivity index is 1.99. The van der Waals surface area contributed by atoms with E-state index >= 15 is 0 Å². The Hall–Kier alpha value is -2.41. The van der Waals surface area contributed by atoms with E-state index in [9.17, 15) is 4.79 Å². The number of halogens is 1. The minimum atomic E-state index is -0.0502. The highest BCUT2D eigenvalue weighted by Gasteiger charge is 2.14. The summed E-state index contributed by atoms with van der Waals surface area (Å²) in [5, 5.41) is 2.92. The predicted molar refractivity (Wildman–Crippen MR) is 107 cm³/mol. The van der Waals surface area contributed by atoms with Crippen LogP contribution in [0.1, 0.15) is 17.5 Å². The van der Waals surface area contributed by atoms with E-state index in [-0.39, 0.29) is 5.91 Å². The zero-order chi connectivity index (χ0) is 19.8. The first-order valence-corrected chi connectivity index (χ1v) is 9.19. The van der Waals surface area contributed by atoms with E-state index in [4.69, 9.17) is 18.9 Å². The lowest BCUT2D eigenvalue weighted by Gasteiger charge is -2.14. The Morgan fingerprint density at radius 3 is 2.11 bits per heavy atom. The maximum absolute atomic E-state index is 12.3. The topological polar surface area (TPSA) is 66.0 Å². The molecule has 0 saturated heterocycles. The average Bonchev–Trinajstić information content (AvgIpc) is 2.69. The van der Waals surface area contributed by atoms with Gasteiger partial charge in [0.05, 0.1) is 28.4 Å². The first-order valence-electron chi connectivity index (χ1n) is 8.40. The molecule has 0 atom stereocenters. The fraction of sp³-hybridized carbons (Fsp3) is 0.350. The van der Waals surface area contributed by atoms with Gasteiger partial charge < -0.3 is 24.3 Å². The molecule has 0 radical (unpaired) electrons. The summed E-state index contributed by atoms with van der Waals surface area (Å²) in [6.45, 7) is 0.400. The number of carbonyl (C=O) groups is 1. The van der Waals surface area contributed by atoms with Crippen LogP contribution in [0.15, 0.2) is 34.8 Å². The molecule has 2 aromatic carbocycles. The molecular weight excluding hydrogens is 414 g/mol. The number of methoxy groups -OCH3 is 4. The molecule has 146 valence electrons. The highest BCUT2D eigenvalue weighted by molar-refractivity contribution is 9.10. The molecule has 0 spiro atoms. The van der Waals surface area contributed by atoms with Crippen molar-refractivity contribution in [2.45, 2.75) is 19.4 Å². The number of amides is 1. The molecule has 1 N–H and O–H groups in total. The molecular formula is C20H24BrNO5. The zero-order valence-electron chi connectivity index (χ0n) is 15.9. The van der Waals surface area contributed by atoms with Gasteiger partial charge >= 0.3 is 0 Å². The van der Waals surface area contributed by atoms with Gasteiger partial charge in [0.15, 0.2) is 11.5 Å². The SMILES string of the molecule is COc1ccc(Br)cc1CNC(=O)CCc1cc(OC)c(OC)c(OC)c1. The van der Waals surface area contributed by atoms with Crippen LogP contribution in [-0.4, -0.2) is 34.3 Å². The van der Waals surface area contributed by atoms with Gasteiger partial charge in [-0.25, -0.2) is 0 Å². The van der Waals surface area contributed by atoms with Crippen LogP contribution in [0.25, 0.3) is 0 Å². The lowest BCUT2D eigenvalue weighted by atomic mass is 10.1. The van der Waals surface area contributed by atoms with Crippen molar-refractivity contribution in [2.24, 2.45) is 0 Å². The predicted octanol–water partition coefficient (Wildman–Crippen LogP) is 3.73. The molecule has 0 aliphatic heterocycles. The largest absolute Gasteiger partial charge is 0.496 e. The highest BCUT2D eigenvalue weighted by atomic mass is 79.9. The third-order valence-corrected chi connectivity index (χ3v) is 4.58. The summed E-state index contributed by atoms with van der Waals surface area (Å²) >= 11 is 3.43. The van der Waals surface area contributed by atoms with Crippen molar-refractivity contribution >= 4 is 21.8 Å². The number of hydrogen-bond acceptors (Lipinski definition) is 5. The quantitative estimate of drug-likeness (QED) is 0.647. The normalized spacial score (nSPS) is 10.3. The molecule has 2 rings (SSSR count). The molecule has 0 aliphatic rings. The summed E-state index contributed by atoms with van der Waals surface area (Å²) in [4.78, 5) is 12.3. The average molecular weight is 438 g/mol. The molecule has 7 heteroatoms. The van der Waals surface area contributed by atoms with E-state index in [1.807, 2.05) is 30.3 Å². The van der Waals surface area contributed by atoms with E-state index in [1.54, 1.807) is 28.4 Å². The summed E-state index contributed by atoms with van der Waals surface area (Å²) < 4.78 is 22.3. The second kappa shape index (κ2) is 10.1. The van der Waals surface area contributed by atoms with E-state index in [0.29, 0.717) is 36.6 Å². The van der Waals surface area contributed by atoms with Gasteiger partial charge in [-0.3, -0.25) is 4.79 Å². The number of rotatable bonds is 9. The number of benzene rings is 2. The summed E-state index contributed by atoms with van der Waals surface area (Å²) in [6.07, 6.45) is 0.896. The van der Waals surface area contributed by atoms with Crippen LogP contribution < -0.4 is 24.3 Å². The van der Waals surface area contributed by atoms with Crippen molar-refractivity contribution < 1.29 is 23.7 Å². The Kier molecular flexibility index (Phi) is 7.79. The van der Waals surface area contributed by atoms with Gasteiger partial charge in [-0.15, -0.1) is 0 Å². The van der Waals surface area contributed by atoms with Gasteiger partial charge in [0.1, 0.15) is 5.75 Å². The summed E-state index contributed by atoms with van der Waals surface area (Å²) in [5.74, 6) is 2.38. The van der Waals surface area contributed by atoms with Crippen molar-refractivity contribution in [1.29, 1.82) is 0 Å². The molecule has 0 saturated carbocycles. The molecule has 0 aromatic heterocycles. The maximum atomic E-state index is 12.3. The van der Waals surface area contributed by atoms with Gasteiger partial charge in [0, 0.05) is 23.0 Å². The Morgan fingerprint density at radius 1 is 0.926 bits per heavy atom.